The van der Waals surface area contributed by atoms with Crippen LogP contribution in [0.4, 0.5) is 5.69 Å². The third kappa shape index (κ3) is 3.91. The topological polar surface area (TPSA) is 76.4 Å². The summed E-state index contributed by atoms with van der Waals surface area (Å²) in [5.41, 5.74) is 11.3. The molecule has 0 saturated heterocycles. The summed E-state index contributed by atoms with van der Waals surface area (Å²) in [6.45, 7) is 0. The first-order valence-corrected chi connectivity index (χ1v) is 5.01. The van der Waals surface area contributed by atoms with Gasteiger partial charge in [-0.3, -0.25) is 0 Å². The summed E-state index contributed by atoms with van der Waals surface area (Å²) in [6.07, 6.45) is 0. The fraction of sp³-hybridized carbons (Fsp3) is 0. The van der Waals surface area contributed by atoms with Crippen LogP contribution in [-0.2, 0) is 0 Å². The quantitative estimate of drug-likeness (QED) is 0.411. The summed E-state index contributed by atoms with van der Waals surface area (Å²) in [6, 6.07) is 4.96. The molecule has 0 aliphatic rings. The van der Waals surface area contributed by atoms with E-state index in [-0.39, 0.29) is 11.1 Å². The summed E-state index contributed by atoms with van der Waals surface area (Å²) in [4.78, 5) is 3.64. The van der Waals surface area contributed by atoms with Gasteiger partial charge in [-0.25, -0.2) is 0 Å². The van der Waals surface area contributed by atoms with Crippen LogP contribution in [0.3, 0.4) is 0 Å². The van der Waals surface area contributed by atoms with Crippen molar-refractivity contribution in [2.24, 2.45) is 16.5 Å². The number of nitrogens with one attached hydrogen (secondary N) is 1. The van der Waals surface area contributed by atoms with Crippen LogP contribution in [0.15, 0.2) is 23.2 Å². The number of hydrogen-bond donors (Lipinski definition) is 3. The predicted octanol–water partition coefficient (Wildman–Crippen LogP) is 1.96. The van der Waals surface area contributed by atoms with Gasteiger partial charge >= 0.3 is 0 Å². The van der Waals surface area contributed by atoms with E-state index in [9.17, 15) is 0 Å². The van der Waals surface area contributed by atoms with E-state index >= 15 is 0 Å². The molecule has 0 unspecified atom stereocenters. The fourth-order valence-corrected chi connectivity index (χ4v) is 1.26. The molecule has 1 aromatic rings. The normalized spacial score (nSPS) is 11.2. The molecule has 0 fully saturated rings. The number of nitrogens with zero attached hydrogens (tertiary/aromatic N) is 1. The minimum atomic E-state index is -0.0416. The molecular formula is C8H8Cl2N4S. The number of anilines is 1. The van der Waals surface area contributed by atoms with Gasteiger partial charge in [-0.15, -0.1) is 0 Å². The van der Waals surface area contributed by atoms with Crippen LogP contribution in [0.2, 0.25) is 10.0 Å². The van der Waals surface area contributed by atoms with Crippen molar-refractivity contribution in [3.63, 3.8) is 0 Å². The molecular weight excluding hydrogens is 255 g/mol. The summed E-state index contributed by atoms with van der Waals surface area (Å²) in [7, 11) is 0. The predicted molar refractivity (Wildman–Crippen MR) is 68.5 cm³/mol. The Kier molecular flexibility index (Phi) is 4.14. The molecule has 0 atom stereocenters. The fourth-order valence-electron chi connectivity index (χ4n) is 0.868. The lowest BCUT2D eigenvalue weighted by molar-refractivity contribution is 1.49. The van der Waals surface area contributed by atoms with E-state index in [1.165, 1.54) is 0 Å². The Morgan fingerprint density at radius 3 is 2.47 bits per heavy atom. The van der Waals surface area contributed by atoms with Crippen LogP contribution in [0.1, 0.15) is 0 Å². The summed E-state index contributed by atoms with van der Waals surface area (Å²) in [5, 5.41) is 3.60. The molecule has 0 aliphatic carbocycles. The highest BCUT2D eigenvalue weighted by Gasteiger charge is 2.00. The van der Waals surface area contributed by atoms with Gasteiger partial charge in [0.05, 0.1) is 10.0 Å². The van der Waals surface area contributed by atoms with E-state index in [1.54, 1.807) is 18.2 Å². The smallest absolute Gasteiger partial charge is 0.200 e. The molecule has 0 radical (unpaired) electrons. The number of thiocarbonyl (C=S) groups is 1. The Bertz CT molecular complexity index is 419. The maximum atomic E-state index is 5.80. The molecule has 0 bridgehead atoms. The number of hydrogen-bond acceptors (Lipinski definition) is 1. The third-order valence-electron chi connectivity index (χ3n) is 1.42. The Balaban J connectivity index is 2.82. The number of rotatable bonds is 1. The maximum absolute atomic E-state index is 5.80. The van der Waals surface area contributed by atoms with Crippen molar-refractivity contribution in [1.82, 2.24) is 0 Å². The summed E-state index contributed by atoms with van der Waals surface area (Å²) in [5.74, 6) is 0.0980. The second kappa shape index (κ2) is 5.16. The lowest BCUT2D eigenvalue weighted by atomic mass is 10.3. The van der Waals surface area contributed by atoms with Crippen LogP contribution < -0.4 is 16.8 Å². The molecule has 15 heavy (non-hydrogen) atoms. The molecule has 7 heteroatoms. The molecule has 0 spiro atoms. The molecule has 0 heterocycles. The van der Waals surface area contributed by atoms with Crippen molar-refractivity contribution in [3.05, 3.63) is 28.2 Å². The molecule has 4 nitrogen and oxygen atoms in total. The zero-order valence-corrected chi connectivity index (χ0v) is 9.83. The lowest BCUT2D eigenvalue weighted by Crippen LogP contribution is -2.25. The van der Waals surface area contributed by atoms with Crippen molar-refractivity contribution in [2.45, 2.75) is 0 Å². The Labute approximate surface area is 102 Å². The van der Waals surface area contributed by atoms with Crippen molar-refractivity contribution >= 4 is 52.2 Å². The summed E-state index contributed by atoms with van der Waals surface area (Å²) < 4.78 is 0. The number of nitrogens with two attached hydrogens (primary N) is 2. The molecule has 0 aliphatic heterocycles. The molecule has 5 N–H and O–H groups in total. The summed E-state index contributed by atoms with van der Waals surface area (Å²) >= 11 is 16.1. The van der Waals surface area contributed by atoms with Crippen molar-refractivity contribution < 1.29 is 0 Å². The number of guanidine groups is 1. The first-order chi connectivity index (χ1) is 6.99. The second-order valence-electron chi connectivity index (χ2n) is 2.59. The molecule has 0 amide bonds. The van der Waals surface area contributed by atoms with Gasteiger partial charge in [0.1, 0.15) is 0 Å². The minimum Gasteiger partial charge on any atom is -0.374 e. The van der Waals surface area contributed by atoms with E-state index in [1.807, 2.05) is 0 Å². The first-order valence-electron chi connectivity index (χ1n) is 3.84. The van der Waals surface area contributed by atoms with Gasteiger partial charge in [-0.05, 0) is 30.4 Å². The Morgan fingerprint density at radius 2 is 1.93 bits per heavy atom. The molecule has 1 aromatic carbocycles. The highest BCUT2D eigenvalue weighted by molar-refractivity contribution is 7.80. The van der Waals surface area contributed by atoms with Gasteiger partial charge in [0.25, 0.3) is 0 Å². The van der Waals surface area contributed by atoms with Crippen LogP contribution in [0, 0.1) is 0 Å². The highest BCUT2D eigenvalue weighted by atomic mass is 35.5. The lowest BCUT2D eigenvalue weighted by Gasteiger charge is -2.05. The number of aliphatic imine (C=N–C) groups is 1. The van der Waals surface area contributed by atoms with Gasteiger partial charge in [0, 0.05) is 5.69 Å². The zero-order chi connectivity index (χ0) is 11.4. The van der Waals surface area contributed by atoms with E-state index in [4.69, 9.17) is 34.7 Å². The highest BCUT2D eigenvalue weighted by Crippen LogP contribution is 2.24. The second-order valence-corrected chi connectivity index (χ2v) is 3.82. The van der Waals surface area contributed by atoms with E-state index in [0.717, 1.165) is 0 Å². The molecule has 1 rings (SSSR count). The van der Waals surface area contributed by atoms with Crippen LogP contribution in [-0.4, -0.2) is 11.1 Å². The standard InChI is InChI=1S/C8H8Cl2N4S/c9-5-2-1-4(3-6(5)10)13-7(11)14-8(12)15/h1-3H,(H5,11,12,13,14,15). The number of halogens is 2. The van der Waals surface area contributed by atoms with Crippen LogP contribution in [0.25, 0.3) is 0 Å². The minimum absolute atomic E-state index is 0.0416. The Morgan fingerprint density at radius 1 is 1.27 bits per heavy atom. The molecule has 0 saturated carbocycles. The van der Waals surface area contributed by atoms with Crippen LogP contribution in [0.5, 0.6) is 0 Å². The third-order valence-corrected chi connectivity index (χ3v) is 2.25. The van der Waals surface area contributed by atoms with Crippen molar-refractivity contribution in [2.75, 3.05) is 5.32 Å². The van der Waals surface area contributed by atoms with Gasteiger partial charge in [-0.1, -0.05) is 23.2 Å². The monoisotopic (exact) mass is 262 g/mol. The van der Waals surface area contributed by atoms with Crippen molar-refractivity contribution in [1.29, 1.82) is 0 Å². The average Bonchev–Trinajstić information content (AvgIpc) is 2.10. The SMILES string of the molecule is NC(=S)/N=C(\N)Nc1ccc(Cl)c(Cl)c1. The average molecular weight is 263 g/mol. The van der Waals surface area contributed by atoms with Gasteiger partial charge < -0.3 is 16.8 Å². The van der Waals surface area contributed by atoms with Crippen LogP contribution >= 0.6 is 35.4 Å². The van der Waals surface area contributed by atoms with Crippen molar-refractivity contribution in [3.8, 4) is 0 Å². The van der Waals surface area contributed by atoms with E-state index < -0.39 is 0 Å². The maximum Gasteiger partial charge on any atom is 0.200 e. The van der Waals surface area contributed by atoms with E-state index in [0.29, 0.717) is 15.7 Å². The largest absolute Gasteiger partial charge is 0.374 e. The molecule has 80 valence electrons. The van der Waals surface area contributed by atoms with E-state index in [2.05, 4.69) is 22.5 Å². The number of benzene rings is 1. The van der Waals surface area contributed by atoms with Gasteiger partial charge in [0.15, 0.2) is 5.11 Å². The van der Waals surface area contributed by atoms with Gasteiger partial charge in [-0.2, -0.15) is 4.99 Å². The zero-order valence-electron chi connectivity index (χ0n) is 7.50. The first kappa shape index (κ1) is 12.0. The Hall–Kier alpha value is -1.04. The molecule has 0 aromatic heterocycles. The van der Waals surface area contributed by atoms with Gasteiger partial charge in [0.2, 0.25) is 5.96 Å².